The molecule has 1 fully saturated rings. The molecule has 1 aliphatic heterocycles. The molecule has 0 radical (unpaired) electrons. The summed E-state index contributed by atoms with van der Waals surface area (Å²) in [5.41, 5.74) is 2.54. The first kappa shape index (κ1) is 23.8. The van der Waals surface area contributed by atoms with Gasteiger partial charge in [0.05, 0.1) is 0 Å². The van der Waals surface area contributed by atoms with Gasteiger partial charge in [0.25, 0.3) is 0 Å². The Morgan fingerprint density at radius 3 is 1.53 bits per heavy atom. The zero-order valence-electron chi connectivity index (χ0n) is 17.5. The van der Waals surface area contributed by atoms with Gasteiger partial charge in [-0.1, -0.05) is 12.1 Å². The van der Waals surface area contributed by atoms with Crippen molar-refractivity contribution in [3.8, 4) is 0 Å². The maximum absolute atomic E-state index is 4.36. The van der Waals surface area contributed by atoms with E-state index in [1.54, 1.807) is 0 Å². The number of halogens is 2. The van der Waals surface area contributed by atoms with Crippen molar-refractivity contribution >= 4 is 31.9 Å². The van der Waals surface area contributed by atoms with E-state index in [0.29, 0.717) is 0 Å². The maximum Gasteiger partial charge on any atom is 0.106 e. The third-order valence-corrected chi connectivity index (χ3v) is 6.19. The zero-order chi connectivity index (χ0) is 21.0. The first-order valence-corrected chi connectivity index (χ1v) is 12.3. The van der Waals surface area contributed by atoms with Crippen LogP contribution >= 0.6 is 31.9 Å². The van der Waals surface area contributed by atoms with Gasteiger partial charge >= 0.3 is 0 Å². The highest BCUT2D eigenvalue weighted by Crippen LogP contribution is 2.10. The number of pyridine rings is 2. The number of nitrogens with zero attached hydrogens (tertiary/aromatic N) is 4. The van der Waals surface area contributed by atoms with Gasteiger partial charge in [-0.2, -0.15) is 0 Å². The minimum Gasteiger partial charge on any atom is -0.315 e. The second-order valence-electron chi connectivity index (χ2n) is 7.74. The molecule has 3 rings (SSSR count). The number of hydrogen-bond acceptors (Lipinski definition) is 6. The molecule has 8 heteroatoms. The maximum atomic E-state index is 4.36. The van der Waals surface area contributed by atoms with Crippen LogP contribution in [0.2, 0.25) is 0 Å². The summed E-state index contributed by atoms with van der Waals surface area (Å²) in [5, 5.41) is 7.26. The van der Waals surface area contributed by atoms with Crippen molar-refractivity contribution < 1.29 is 0 Å². The van der Waals surface area contributed by atoms with Crippen LogP contribution in [0.1, 0.15) is 24.0 Å². The molecule has 0 amide bonds. The van der Waals surface area contributed by atoms with Crippen molar-refractivity contribution in [2.24, 2.45) is 0 Å². The molecule has 2 N–H and O–H groups in total. The number of hydrogen-bond donors (Lipinski definition) is 2. The van der Waals surface area contributed by atoms with Gasteiger partial charge in [0.2, 0.25) is 0 Å². The normalized spacial score (nSPS) is 18.7. The quantitative estimate of drug-likeness (QED) is 0.581. The van der Waals surface area contributed by atoms with E-state index in [1.807, 2.05) is 24.5 Å². The summed E-state index contributed by atoms with van der Waals surface area (Å²) in [7, 11) is 0. The molecule has 0 spiro atoms. The minimum absolute atomic E-state index is 0.892. The average molecular weight is 540 g/mol. The van der Waals surface area contributed by atoms with E-state index >= 15 is 0 Å². The molecule has 1 aliphatic rings. The lowest BCUT2D eigenvalue weighted by Gasteiger charge is -2.25. The van der Waals surface area contributed by atoms with Crippen LogP contribution in [0.15, 0.2) is 45.9 Å². The fourth-order valence-electron chi connectivity index (χ4n) is 3.64. The molecule has 1 saturated heterocycles. The van der Waals surface area contributed by atoms with Gasteiger partial charge in [-0.3, -0.25) is 9.80 Å². The van der Waals surface area contributed by atoms with Crippen LogP contribution in [0.3, 0.4) is 0 Å². The van der Waals surface area contributed by atoms with E-state index in [0.717, 1.165) is 87.5 Å². The largest absolute Gasteiger partial charge is 0.315 e. The Hall–Kier alpha value is -0.900. The van der Waals surface area contributed by atoms with Crippen molar-refractivity contribution in [3.63, 3.8) is 0 Å². The second kappa shape index (κ2) is 13.5. The van der Waals surface area contributed by atoms with E-state index < -0.39 is 0 Å². The van der Waals surface area contributed by atoms with Gasteiger partial charge in [0.15, 0.2) is 0 Å². The Labute approximate surface area is 197 Å². The van der Waals surface area contributed by atoms with Crippen LogP contribution in [0.5, 0.6) is 0 Å². The molecule has 2 aromatic heterocycles. The number of rotatable bonds is 4. The summed E-state index contributed by atoms with van der Waals surface area (Å²) < 4.78 is 1.78. The Balaban J connectivity index is 1.46. The predicted molar refractivity (Wildman–Crippen MR) is 129 cm³/mol. The Kier molecular flexibility index (Phi) is 10.7. The molecule has 6 nitrogen and oxygen atoms in total. The van der Waals surface area contributed by atoms with Gasteiger partial charge in [-0.05, 0) is 94.1 Å². The third kappa shape index (κ3) is 9.08. The molecule has 164 valence electrons. The second-order valence-corrected chi connectivity index (χ2v) is 9.36. The Morgan fingerprint density at radius 2 is 1.13 bits per heavy atom. The van der Waals surface area contributed by atoms with E-state index in [9.17, 15) is 0 Å². The van der Waals surface area contributed by atoms with Crippen LogP contribution in [-0.4, -0.2) is 72.1 Å². The fourth-order valence-corrected chi connectivity index (χ4v) is 4.10. The highest BCUT2D eigenvalue weighted by atomic mass is 79.9. The molecule has 30 heavy (non-hydrogen) atoms. The molecule has 0 unspecified atom stereocenters. The van der Waals surface area contributed by atoms with Gasteiger partial charge in [0, 0.05) is 51.7 Å². The summed E-state index contributed by atoms with van der Waals surface area (Å²) in [4.78, 5) is 13.8. The summed E-state index contributed by atoms with van der Waals surface area (Å²) >= 11 is 6.83. The van der Waals surface area contributed by atoms with Crippen LogP contribution in [-0.2, 0) is 13.1 Å². The van der Waals surface area contributed by atoms with Gasteiger partial charge < -0.3 is 10.6 Å². The summed E-state index contributed by atoms with van der Waals surface area (Å²) in [5.74, 6) is 0. The predicted octanol–water partition coefficient (Wildman–Crippen LogP) is 3.28. The topological polar surface area (TPSA) is 56.3 Å². The molecule has 0 aliphatic carbocycles. The average Bonchev–Trinajstić information content (AvgIpc) is 2.75. The molecular formula is C22H32Br2N6. The van der Waals surface area contributed by atoms with Crippen molar-refractivity contribution in [1.29, 1.82) is 0 Å². The first-order chi connectivity index (χ1) is 14.7. The monoisotopic (exact) mass is 538 g/mol. The van der Waals surface area contributed by atoms with Gasteiger partial charge in [-0.25, -0.2) is 9.97 Å². The minimum atomic E-state index is 0.892. The Morgan fingerprint density at radius 1 is 0.667 bits per heavy atom. The van der Waals surface area contributed by atoms with Crippen LogP contribution in [0.4, 0.5) is 0 Å². The SMILES string of the molecule is Brc1ccc(CN2CCCNCCN(Cc3ccc(Br)nc3)CCCNCC2)cn1. The van der Waals surface area contributed by atoms with Crippen molar-refractivity contribution in [1.82, 2.24) is 30.4 Å². The highest BCUT2D eigenvalue weighted by Gasteiger charge is 2.09. The van der Waals surface area contributed by atoms with Crippen molar-refractivity contribution in [2.45, 2.75) is 25.9 Å². The van der Waals surface area contributed by atoms with E-state index in [-0.39, 0.29) is 0 Å². The summed E-state index contributed by atoms with van der Waals surface area (Å²) in [6.07, 6.45) is 6.24. The number of aromatic nitrogens is 2. The van der Waals surface area contributed by atoms with Crippen LogP contribution < -0.4 is 10.6 Å². The van der Waals surface area contributed by atoms with Crippen molar-refractivity contribution in [3.05, 3.63) is 57.0 Å². The van der Waals surface area contributed by atoms with Crippen LogP contribution in [0.25, 0.3) is 0 Å². The third-order valence-electron chi connectivity index (χ3n) is 5.26. The lowest BCUT2D eigenvalue weighted by atomic mass is 10.2. The smallest absolute Gasteiger partial charge is 0.106 e. The van der Waals surface area contributed by atoms with E-state index in [2.05, 4.69) is 74.4 Å². The van der Waals surface area contributed by atoms with Crippen molar-refractivity contribution in [2.75, 3.05) is 52.4 Å². The summed E-state index contributed by atoms with van der Waals surface area (Å²) in [6, 6.07) is 8.36. The highest BCUT2D eigenvalue weighted by molar-refractivity contribution is 9.10. The molecular weight excluding hydrogens is 508 g/mol. The first-order valence-electron chi connectivity index (χ1n) is 10.8. The molecule has 2 aromatic rings. The Bertz CT molecular complexity index is 646. The molecule has 3 heterocycles. The standard InChI is InChI=1S/C22H32Br2N6/c23-21-5-3-19(15-27-21)17-29-11-1-7-25-9-14-30(12-2-8-26-10-13-29)18-20-4-6-22(24)28-16-20/h3-6,15-16,25-26H,1-2,7-14,17-18H2. The molecule has 0 bridgehead atoms. The van der Waals surface area contributed by atoms with Gasteiger partial charge in [0.1, 0.15) is 9.21 Å². The fraction of sp³-hybridized carbons (Fsp3) is 0.545. The molecule has 0 aromatic carbocycles. The molecule has 0 saturated carbocycles. The molecule has 0 atom stereocenters. The lowest BCUT2D eigenvalue weighted by molar-refractivity contribution is 0.241. The number of nitrogens with one attached hydrogen (secondary N) is 2. The van der Waals surface area contributed by atoms with E-state index in [4.69, 9.17) is 0 Å². The van der Waals surface area contributed by atoms with Gasteiger partial charge in [-0.15, -0.1) is 0 Å². The van der Waals surface area contributed by atoms with Crippen LogP contribution in [0, 0.1) is 0 Å². The lowest BCUT2D eigenvalue weighted by Crippen LogP contribution is -2.38. The van der Waals surface area contributed by atoms with E-state index in [1.165, 1.54) is 11.1 Å². The summed E-state index contributed by atoms with van der Waals surface area (Å²) in [6.45, 7) is 10.4. The zero-order valence-corrected chi connectivity index (χ0v) is 20.7.